The normalized spacial score (nSPS) is 10.2. The Morgan fingerprint density at radius 1 is 0.839 bits per heavy atom. The summed E-state index contributed by atoms with van der Waals surface area (Å²) in [6.45, 7) is 0. The van der Waals surface area contributed by atoms with E-state index in [4.69, 9.17) is 16.3 Å². The number of hydrazine groups is 1. The number of benzene rings is 3. The first-order chi connectivity index (χ1) is 14.9. The van der Waals surface area contributed by atoms with Crippen LogP contribution in [0.15, 0.2) is 71.2 Å². The number of amides is 3. The molecule has 158 valence electrons. The zero-order valence-electron chi connectivity index (χ0n) is 16.2. The second-order valence-electron chi connectivity index (χ2n) is 6.29. The molecule has 0 aliphatic carbocycles. The van der Waals surface area contributed by atoms with Gasteiger partial charge in [-0.25, -0.2) is 0 Å². The molecule has 7 nitrogen and oxygen atoms in total. The van der Waals surface area contributed by atoms with E-state index in [-0.39, 0.29) is 11.1 Å². The van der Waals surface area contributed by atoms with Gasteiger partial charge in [0, 0.05) is 26.3 Å². The number of halogens is 2. The van der Waals surface area contributed by atoms with Crippen LogP contribution < -0.4 is 20.9 Å². The third-order valence-electron chi connectivity index (χ3n) is 4.18. The molecule has 0 radical (unpaired) electrons. The summed E-state index contributed by atoms with van der Waals surface area (Å²) in [5.41, 5.74) is 5.98. The van der Waals surface area contributed by atoms with Gasteiger partial charge in [-0.3, -0.25) is 25.2 Å². The third-order valence-corrected chi connectivity index (χ3v) is 4.95. The number of methoxy groups -OCH3 is 1. The molecule has 3 amide bonds. The molecule has 3 N–H and O–H groups in total. The van der Waals surface area contributed by atoms with Gasteiger partial charge < -0.3 is 10.1 Å². The van der Waals surface area contributed by atoms with Crippen LogP contribution in [-0.4, -0.2) is 24.8 Å². The average molecular weight is 503 g/mol. The maximum atomic E-state index is 12.6. The van der Waals surface area contributed by atoms with Crippen LogP contribution in [0.1, 0.15) is 31.1 Å². The van der Waals surface area contributed by atoms with Gasteiger partial charge in [0.15, 0.2) is 0 Å². The average Bonchev–Trinajstić information content (AvgIpc) is 2.77. The lowest BCUT2D eigenvalue weighted by Gasteiger charge is -2.11. The van der Waals surface area contributed by atoms with Crippen LogP contribution in [0.2, 0.25) is 5.02 Å². The number of carbonyl (C=O) groups is 3. The molecule has 3 aromatic rings. The summed E-state index contributed by atoms with van der Waals surface area (Å²) in [5, 5.41) is 3.09. The summed E-state index contributed by atoms with van der Waals surface area (Å²) >= 11 is 9.27. The second-order valence-corrected chi connectivity index (χ2v) is 7.65. The maximum Gasteiger partial charge on any atom is 0.269 e. The van der Waals surface area contributed by atoms with Gasteiger partial charge in [0.25, 0.3) is 17.7 Å². The minimum atomic E-state index is -0.540. The Morgan fingerprint density at radius 2 is 1.52 bits per heavy atom. The van der Waals surface area contributed by atoms with Gasteiger partial charge in [0.05, 0.1) is 12.7 Å². The molecule has 0 aliphatic rings. The molecule has 0 aromatic heterocycles. The molecule has 31 heavy (non-hydrogen) atoms. The topological polar surface area (TPSA) is 96.5 Å². The molecular formula is C22H17BrClN3O4. The lowest BCUT2D eigenvalue weighted by molar-refractivity contribution is 0.0846. The van der Waals surface area contributed by atoms with Crippen LogP contribution in [0.4, 0.5) is 5.69 Å². The standard InChI is InChI=1S/C22H17BrClN3O4/c1-31-19-10-9-16(24)12-18(19)22(30)25-17-4-2-3-14(11-17)21(29)27-26-20(28)13-5-7-15(23)8-6-13/h2-12H,1H3,(H,25,30)(H,26,28)(H,27,29). The fraction of sp³-hybridized carbons (Fsp3) is 0.0455. The fourth-order valence-corrected chi connectivity index (χ4v) is 3.09. The Hall–Kier alpha value is -3.36. The molecule has 0 spiro atoms. The first-order valence-corrected chi connectivity index (χ1v) is 10.2. The molecule has 0 aliphatic heterocycles. The Kier molecular flexibility index (Phi) is 7.28. The van der Waals surface area contributed by atoms with E-state index in [1.807, 2.05) is 0 Å². The minimum absolute atomic E-state index is 0.243. The molecule has 3 aromatic carbocycles. The second kappa shape index (κ2) is 10.1. The van der Waals surface area contributed by atoms with Crippen molar-refractivity contribution in [2.75, 3.05) is 12.4 Å². The lowest BCUT2D eigenvalue weighted by atomic mass is 10.1. The highest BCUT2D eigenvalue weighted by molar-refractivity contribution is 9.10. The zero-order valence-corrected chi connectivity index (χ0v) is 18.6. The molecule has 9 heteroatoms. The first-order valence-electron chi connectivity index (χ1n) is 8.98. The Balaban J connectivity index is 1.66. The SMILES string of the molecule is COc1ccc(Cl)cc1C(=O)Nc1cccc(C(=O)NNC(=O)c2ccc(Br)cc2)c1. The molecule has 0 atom stereocenters. The van der Waals surface area contributed by atoms with Gasteiger partial charge in [-0.1, -0.05) is 33.6 Å². The Morgan fingerprint density at radius 3 is 2.19 bits per heavy atom. The van der Waals surface area contributed by atoms with Crippen LogP contribution in [-0.2, 0) is 0 Å². The van der Waals surface area contributed by atoms with E-state index in [1.54, 1.807) is 54.6 Å². The van der Waals surface area contributed by atoms with Gasteiger partial charge in [0.2, 0.25) is 0 Å². The first kappa shape index (κ1) is 22.3. The number of nitrogens with one attached hydrogen (secondary N) is 3. The van der Waals surface area contributed by atoms with Crippen molar-refractivity contribution in [1.29, 1.82) is 0 Å². The van der Waals surface area contributed by atoms with Gasteiger partial charge in [-0.2, -0.15) is 0 Å². The molecule has 0 saturated heterocycles. The van der Waals surface area contributed by atoms with Gasteiger partial charge in [-0.15, -0.1) is 0 Å². The number of hydrogen-bond acceptors (Lipinski definition) is 4. The van der Waals surface area contributed by atoms with E-state index in [1.165, 1.54) is 19.2 Å². The molecule has 0 unspecified atom stereocenters. The van der Waals surface area contributed by atoms with Crippen molar-refractivity contribution in [3.05, 3.63) is 92.9 Å². The van der Waals surface area contributed by atoms with E-state index >= 15 is 0 Å². The summed E-state index contributed by atoms with van der Waals surface area (Å²) in [4.78, 5) is 37.1. The van der Waals surface area contributed by atoms with E-state index in [0.717, 1.165) is 4.47 Å². The molecule has 0 heterocycles. The third kappa shape index (κ3) is 5.84. The van der Waals surface area contributed by atoms with Crippen molar-refractivity contribution in [1.82, 2.24) is 10.9 Å². The van der Waals surface area contributed by atoms with Crippen LogP contribution in [0.3, 0.4) is 0 Å². The summed E-state index contributed by atoms with van der Waals surface area (Å²) in [7, 11) is 1.45. The highest BCUT2D eigenvalue weighted by Crippen LogP contribution is 2.24. The fourth-order valence-electron chi connectivity index (χ4n) is 2.65. The number of hydrogen-bond donors (Lipinski definition) is 3. The van der Waals surface area contributed by atoms with E-state index in [9.17, 15) is 14.4 Å². The molecule has 0 bridgehead atoms. The summed E-state index contributed by atoms with van der Waals surface area (Å²) in [6, 6.07) is 17.6. The highest BCUT2D eigenvalue weighted by atomic mass is 79.9. The monoisotopic (exact) mass is 501 g/mol. The number of rotatable bonds is 5. The van der Waals surface area contributed by atoms with E-state index in [0.29, 0.717) is 22.0 Å². The maximum absolute atomic E-state index is 12.6. The number of ether oxygens (including phenoxy) is 1. The van der Waals surface area contributed by atoms with Crippen molar-refractivity contribution >= 4 is 50.9 Å². The van der Waals surface area contributed by atoms with Crippen LogP contribution in [0, 0.1) is 0 Å². The molecule has 3 rings (SSSR count). The minimum Gasteiger partial charge on any atom is -0.496 e. The Bertz CT molecular complexity index is 1140. The van der Waals surface area contributed by atoms with Crippen LogP contribution in [0.25, 0.3) is 0 Å². The smallest absolute Gasteiger partial charge is 0.269 e. The summed E-state index contributed by atoms with van der Waals surface area (Å²) in [5.74, 6) is -1.08. The van der Waals surface area contributed by atoms with Gasteiger partial charge in [0.1, 0.15) is 5.75 Å². The van der Waals surface area contributed by atoms with E-state index in [2.05, 4.69) is 32.1 Å². The van der Waals surface area contributed by atoms with Gasteiger partial charge >= 0.3 is 0 Å². The van der Waals surface area contributed by atoms with Crippen LogP contribution >= 0.6 is 27.5 Å². The summed E-state index contributed by atoms with van der Waals surface area (Å²) < 4.78 is 6.03. The number of carbonyl (C=O) groups excluding carboxylic acids is 3. The Labute approximate surface area is 191 Å². The lowest BCUT2D eigenvalue weighted by Crippen LogP contribution is -2.41. The predicted molar refractivity (Wildman–Crippen MR) is 121 cm³/mol. The van der Waals surface area contributed by atoms with Crippen LogP contribution in [0.5, 0.6) is 5.75 Å². The number of anilines is 1. The van der Waals surface area contributed by atoms with Crippen molar-refractivity contribution in [2.45, 2.75) is 0 Å². The molecule has 0 saturated carbocycles. The van der Waals surface area contributed by atoms with E-state index < -0.39 is 17.7 Å². The largest absolute Gasteiger partial charge is 0.496 e. The zero-order chi connectivity index (χ0) is 22.4. The van der Waals surface area contributed by atoms with Crippen molar-refractivity contribution in [3.8, 4) is 5.75 Å². The summed E-state index contributed by atoms with van der Waals surface area (Å²) in [6.07, 6.45) is 0. The predicted octanol–water partition coefficient (Wildman–Crippen LogP) is 4.44. The molecular weight excluding hydrogens is 486 g/mol. The van der Waals surface area contributed by atoms with Gasteiger partial charge in [-0.05, 0) is 60.7 Å². The van der Waals surface area contributed by atoms with Crippen molar-refractivity contribution < 1.29 is 19.1 Å². The quantitative estimate of drug-likeness (QED) is 0.450. The van der Waals surface area contributed by atoms with Crippen molar-refractivity contribution in [3.63, 3.8) is 0 Å². The highest BCUT2D eigenvalue weighted by Gasteiger charge is 2.15. The van der Waals surface area contributed by atoms with Crippen molar-refractivity contribution in [2.24, 2.45) is 0 Å². The molecule has 0 fully saturated rings.